The van der Waals surface area contributed by atoms with Gasteiger partial charge in [-0.05, 0) is 5.92 Å². The zero-order valence-corrected chi connectivity index (χ0v) is 10.6. The summed E-state index contributed by atoms with van der Waals surface area (Å²) < 4.78 is 0.973. The molecule has 6 nitrogen and oxygen atoms in total. The minimum Gasteiger partial charge on any atom is -0.297 e. The van der Waals surface area contributed by atoms with E-state index in [2.05, 4.69) is 15.0 Å². The van der Waals surface area contributed by atoms with E-state index < -0.39 is 11.2 Å². The van der Waals surface area contributed by atoms with Crippen molar-refractivity contribution in [2.24, 2.45) is 0 Å². The Bertz CT molecular complexity index is 676. The number of H-pyrrole nitrogens is 1. The number of hydrogen-bond acceptors (Lipinski definition) is 4. The molecule has 0 aliphatic rings. The zero-order chi connectivity index (χ0) is 13.3. The minimum absolute atomic E-state index is 0.0769. The Labute approximate surface area is 107 Å². The van der Waals surface area contributed by atoms with E-state index >= 15 is 0 Å². The molecule has 0 fully saturated rings. The van der Waals surface area contributed by atoms with Crippen molar-refractivity contribution in [3.8, 4) is 5.69 Å². The fourth-order valence-corrected chi connectivity index (χ4v) is 2.05. The first-order chi connectivity index (χ1) is 8.52. The third-order valence-corrected chi connectivity index (χ3v) is 2.77. The number of hydrogen-bond donors (Lipinski definition) is 1. The molecular formula is C11H11ClN4O2. The smallest absolute Gasteiger partial charge is 0.297 e. The molecule has 2 heterocycles. The molecule has 0 aliphatic heterocycles. The van der Waals surface area contributed by atoms with Crippen molar-refractivity contribution in [1.82, 2.24) is 19.5 Å². The maximum absolute atomic E-state index is 12.3. The van der Waals surface area contributed by atoms with Gasteiger partial charge in [-0.3, -0.25) is 9.78 Å². The topological polar surface area (TPSA) is 80.6 Å². The van der Waals surface area contributed by atoms with Gasteiger partial charge in [-0.25, -0.2) is 19.3 Å². The van der Waals surface area contributed by atoms with Gasteiger partial charge in [0, 0.05) is 0 Å². The predicted molar refractivity (Wildman–Crippen MR) is 67.3 cm³/mol. The minimum atomic E-state index is -0.607. The zero-order valence-electron chi connectivity index (χ0n) is 9.85. The molecule has 0 saturated heterocycles. The van der Waals surface area contributed by atoms with Crippen LogP contribution in [0.25, 0.3) is 5.69 Å². The number of nitrogens with one attached hydrogen (secondary N) is 1. The molecule has 2 rings (SSSR count). The Morgan fingerprint density at radius 3 is 2.44 bits per heavy atom. The summed E-state index contributed by atoms with van der Waals surface area (Å²) in [6.45, 7) is 3.65. The van der Waals surface area contributed by atoms with Crippen molar-refractivity contribution in [3.63, 3.8) is 0 Å². The number of halogens is 1. The highest BCUT2D eigenvalue weighted by molar-refractivity contribution is 6.30. The molecule has 2 aromatic rings. The van der Waals surface area contributed by atoms with E-state index in [-0.39, 0.29) is 11.1 Å². The van der Waals surface area contributed by atoms with Gasteiger partial charge < -0.3 is 0 Å². The van der Waals surface area contributed by atoms with Gasteiger partial charge >= 0.3 is 5.69 Å². The molecule has 0 saturated carbocycles. The van der Waals surface area contributed by atoms with Gasteiger partial charge in [0.15, 0.2) is 0 Å². The number of aromatic amines is 1. The summed E-state index contributed by atoms with van der Waals surface area (Å²) in [5.74, 6) is -0.0993. The lowest BCUT2D eigenvalue weighted by Crippen LogP contribution is -2.36. The summed E-state index contributed by atoms with van der Waals surface area (Å²) in [5, 5.41) is 0.0769. The predicted octanol–water partition coefficient (Wildman–Crippen LogP) is 1.09. The molecule has 0 spiro atoms. The molecule has 2 aromatic heterocycles. The molecule has 7 heteroatoms. The van der Waals surface area contributed by atoms with Gasteiger partial charge in [-0.15, -0.1) is 0 Å². The van der Waals surface area contributed by atoms with Gasteiger partial charge in [0.1, 0.15) is 11.5 Å². The van der Waals surface area contributed by atoms with E-state index in [9.17, 15) is 9.59 Å². The maximum Gasteiger partial charge on any atom is 0.334 e. The van der Waals surface area contributed by atoms with Crippen molar-refractivity contribution in [2.75, 3.05) is 0 Å². The summed E-state index contributed by atoms with van der Waals surface area (Å²) in [7, 11) is 0. The Morgan fingerprint density at radius 2 is 1.89 bits per heavy atom. The summed E-state index contributed by atoms with van der Waals surface area (Å²) in [4.78, 5) is 34.1. The van der Waals surface area contributed by atoms with Gasteiger partial charge in [0.05, 0.1) is 23.6 Å². The van der Waals surface area contributed by atoms with Crippen molar-refractivity contribution in [3.05, 3.63) is 50.3 Å². The maximum atomic E-state index is 12.3. The van der Waals surface area contributed by atoms with Crippen LogP contribution < -0.4 is 11.2 Å². The highest BCUT2D eigenvalue weighted by atomic mass is 35.5. The second-order valence-corrected chi connectivity index (χ2v) is 4.43. The Balaban J connectivity index is 2.81. The Hall–Kier alpha value is -1.95. The van der Waals surface area contributed by atoms with Gasteiger partial charge in [-0.2, -0.15) is 0 Å². The Kier molecular flexibility index (Phi) is 3.29. The number of aromatic nitrogens is 4. The first-order valence-corrected chi connectivity index (χ1v) is 5.70. The highest BCUT2D eigenvalue weighted by Gasteiger charge is 2.16. The number of rotatable bonds is 2. The van der Waals surface area contributed by atoms with Crippen LogP contribution in [0.1, 0.15) is 25.3 Å². The Morgan fingerprint density at radius 1 is 1.28 bits per heavy atom. The largest absolute Gasteiger partial charge is 0.334 e. The molecule has 0 atom stereocenters. The number of nitrogens with zero attached hydrogens (tertiary/aromatic N) is 3. The fraction of sp³-hybridized carbons (Fsp3) is 0.273. The molecule has 0 unspecified atom stereocenters. The van der Waals surface area contributed by atoms with Crippen molar-refractivity contribution in [2.45, 2.75) is 19.8 Å². The molecule has 0 amide bonds. The van der Waals surface area contributed by atoms with Crippen LogP contribution in [0.4, 0.5) is 0 Å². The van der Waals surface area contributed by atoms with Crippen LogP contribution in [0.15, 0.2) is 28.3 Å². The van der Waals surface area contributed by atoms with Crippen LogP contribution in [-0.4, -0.2) is 19.5 Å². The third-order valence-electron chi connectivity index (χ3n) is 2.47. The normalized spacial score (nSPS) is 10.9. The van der Waals surface area contributed by atoms with E-state index in [4.69, 9.17) is 11.6 Å². The van der Waals surface area contributed by atoms with Crippen LogP contribution in [0.3, 0.4) is 0 Å². The van der Waals surface area contributed by atoms with Crippen molar-refractivity contribution < 1.29 is 0 Å². The molecular weight excluding hydrogens is 256 g/mol. The second kappa shape index (κ2) is 4.73. The quantitative estimate of drug-likeness (QED) is 0.825. The SMILES string of the molecule is CC(C)c1c(Cl)[nH]c(=O)n(-c2cncnc2)c1=O. The van der Waals surface area contributed by atoms with Crippen LogP contribution in [0.2, 0.25) is 5.15 Å². The van der Waals surface area contributed by atoms with Crippen molar-refractivity contribution >= 4 is 11.6 Å². The molecule has 0 bridgehead atoms. The monoisotopic (exact) mass is 266 g/mol. The molecule has 18 heavy (non-hydrogen) atoms. The molecule has 1 N–H and O–H groups in total. The highest BCUT2D eigenvalue weighted by Crippen LogP contribution is 2.16. The lowest BCUT2D eigenvalue weighted by molar-refractivity contribution is 0.773. The summed E-state index contributed by atoms with van der Waals surface area (Å²) in [6, 6.07) is 0. The van der Waals surface area contributed by atoms with E-state index in [0.717, 1.165) is 4.57 Å². The summed E-state index contributed by atoms with van der Waals surface area (Å²) in [5.41, 5.74) is -0.389. The third kappa shape index (κ3) is 2.06. The van der Waals surface area contributed by atoms with E-state index in [1.54, 1.807) is 0 Å². The summed E-state index contributed by atoms with van der Waals surface area (Å²) in [6.07, 6.45) is 4.10. The van der Waals surface area contributed by atoms with Crippen molar-refractivity contribution in [1.29, 1.82) is 0 Å². The average molecular weight is 267 g/mol. The standard InChI is InChI=1S/C11H11ClN4O2/c1-6(2)8-9(12)15-11(18)16(10(8)17)7-3-13-5-14-4-7/h3-6H,1-2H3,(H,15,18). The summed E-state index contributed by atoms with van der Waals surface area (Å²) >= 11 is 5.89. The first kappa shape index (κ1) is 12.5. The van der Waals surface area contributed by atoms with Gasteiger partial charge in [-0.1, -0.05) is 25.4 Å². The fourth-order valence-electron chi connectivity index (χ4n) is 1.67. The average Bonchev–Trinajstić information content (AvgIpc) is 2.28. The molecule has 0 aromatic carbocycles. The van der Waals surface area contributed by atoms with Crippen LogP contribution in [0, 0.1) is 0 Å². The second-order valence-electron chi connectivity index (χ2n) is 4.05. The van der Waals surface area contributed by atoms with Crippen LogP contribution in [0.5, 0.6) is 0 Å². The first-order valence-electron chi connectivity index (χ1n) is 5.32. The molecule has 0 aliphatic carbocycles. The molecule has 94 valence electrons. The lowest BCUT2D eigenvalue weighted by Gasteiger charge is -2.10. The molecule has 0 radical (unpaired) electrons. The van der Waals surface area contributed by atoms with E-state index in [1.807, 2.05) is 13.8 Å². The van der Waals surface area contributed by atoms with Gasteiger partial charge in [0.25, 0.3) is 5.56 Å². The van der Waals surface area contributed by atoms with Crippen LogP contribution in [-0.2, 0) is 0 Å². The lowest BCUT2D eigenvalue weighted by atomic mass is 10.1. The van der Waals surface area contributed by atoms with E-state index in [0.29, 0.717) is 11.3 Å². The van der Waals surface area contributed by atoms with Gasteiger partial charge in [0.2, 0.25) is 0 Å². The van der Waals surface area contributed by atoms with Crippen LogP contribution >= 0.6 is 11.6 Å². The van der Waals surface area contributed by atoms with E-state index in [1.165, 1.54) is 18.7 Å².